The SMILES string of the molecule is CCCCCCCCC(CCCCCCCC)(CCCCCCCC)CCCCCCCC. The van der Waals surface area contributed by atoms with Gasteiger partial charge in [0.2, 0.25) is 0 Å². The summed E-state index contributed by atoms with van der Waals surface area (Å²) < 4.78 is 0. The zero-order valence-electron chi connectivity index (χ0n) is 24.3. The van der Waals surface area contributed by atoms with Gasteiger partial charge in [-0.2, -0.15) is 0 Å². The summed E-state index contributed by atoms with van der Waals surface area (Å²) in [5.74, 6) is 0. The van der Waals surface area contributed by atoms with Gasteiger partial charge in [0.25, 0.3) is 0 Å². The van der Waals surface area contributed by atoms with Gasteiger partial charge in [-0.15, -0.1) is 0 Å². The van der Waals surface area contributed by atoms with Gasteiger partial charge in [0.15, 0.2) is 0 Å². The van der Waals surface area contributed by atoms with Crippen molar-refractivity contribution in [1.82, 2.24) is 0 Å². The molecule has 0 aliphatic carbocycles. The van der Waals surface area contributed by atoms with E-state index in [-0.39, 0.29) is 0 Å². The largest absolute Gasteiger partial charge is 0.0654 e. The van der Waals surface area contributed by atoms with Gasteiger partial charge in [0, 0.05) is 0 Å². The number of unbranched alkanes of at least 4 members (excludes halogenated alkanes) is 20. The van der Waals surface area contributed by atoms with Crippen molar-refractivity contribution in [2.75, 3.05) is 0 Å². The van der Waals surface area contributed by atoms with Crippen molar-refractivity contribution < 1.29 is 0 Å². The van der Waals surface area contributed by atoms with Gasteiger partial charge in [0.1, 0.15) is 0 Å². The molecule has 0 aromatic rings. The van der Waals surface area contributed by atoms with E-state index in [0.717, 1.165) is 0 Å². The van der Waals surface area contributed by atoms with Crippen LogP contribution in [0.25, 0.3) is 0 Å². The topological polar surface area (TPSA) is 0 Å². The predicted molar refractivity (Wildman–Crippen MR) is 154 cm³/mol. The van der Waals surface area contributed by atoms with E-state index in [4.69, 9.17) is 0 Å². The molecule has 0 unspecified atom stereocenters. The molecule has 0 fully saturated rings. The summed E-state index contributed by atoms with van der Waals surface area (Å²) in [6.45, 7) is 9.36. The van der Waals surface area contributed by atoms with E-state index < -0.39 is 0 Å². The molecule has 33 heavy (non-hydrogen) atoms. The Morgan fingerprint density at radius 2 is 0.424 bits per heavy atom. The molecule has 0 heterocycles. The second kappa shape index (κ2) is 26.6. The third-order valence-corrected chi connectivity index (χ3v) is 8.24. The lowest BCUT2D eigenvalue weighted by molar-refractivity contribution is 0.171. The highest BCUT2D eigenvalue weighted by molar-refractivity contribution is 4.80. The smallest absolute Gasteiger partial charge is 0.0297 e. The monoisotopic (exact) mass is 465 g/mol. The fourth-order valence-corrected chi connectivity index (χ4v) is 5.87. The van der Waals surface area contributed by atoms with E-state index in [0.29, 0.717) is 5.41 Å². The van der Waals surface area contributed by atoms with E-state index >= 15 is 0 Å². The van der Waals surface area contributed by atoms with Gasteiger partial charge in [-0.05, 0) is 31.1 Å². The molecule has 0 radical (unpaired) electrons. The Hall–Kier alpha value is 0. The first kappa shape index (κ1) is 33.0. The maximum atomic E-state index is 2.34. The maximum Gasteiger partial charge on any atom is -0.0297 e. The Morgan fingerprint density at radius 1 is 0.242 bits per heavy atom. The molecule has 0 heteroatoms. The van der Waals surface area contributed by atoms with Crippen LogP contribution >= 0.6 is 0 Å². The van der Waals surface area contributed by atoms with Crippen LogP contribution in [0.1, 0.15) is 207 Å². The molecule has 0 bridgehead atoms. The molecular formula is C33H68. The predicted octanol–water partition coefficient (Wildman–Crippen LogP) is 13.0. The quantitative estimate of drug-likeness (QED) is 0.101. The molecule has 0 amide bonds. The second-order valence-electron chi connectivity index (χ2n) is 11.6. The summed E-state index contributed by atoms with van der Waals surface area (Å²) in [6, 6.07) is 0. The molecule has 0 saturated carbocycles. The van der Waals surface area contributed by atoms with Crippen LogP contribution in [0.2, 0.25) is 0 Å². The zero-order valence-corrected chi connectivity index (χ0v) is 24.3. The fourth-order valence-electron chi connectivity index (χ4n) is 5.87. The Bertz CT molecular complexity index is 274. The van der Waals surface area contributed by atoms with Gasteiger partial charge in [-0.1, -0.05) is 182 Å². The Labute approximate surface area is 212 Å². The Balaban J connectivity index is 4.74. The summed E-state index contributed by atoms with van der Waals surface area (Å²) in [5, 5.41) is 0. The van der Waals surface area contributed by atoms with Crippen LogP contribution < -0.4 is 0 Å². The van der Waals surface area contributed by atoms with E-state index in [2.05, 4.69) is 27.7 Å². The molecular weight excluding hydrogens is 396 g/mol. The van der Waals surface area contributed by atoms with Gasteiger partial charge in [-0.3, -0.25) is 0 Å². The van der Waals surface area contributed by atoms with Gasteiger partial charge in [-0.25, -0.2) is 0 Å². The van der Waals surface area contributed by atoms with Crippen molar-refractivity contribution >= 4 is 0 Å². The lowest BCUT2D eigenvalue weighted by atomic mass is 9.70. The number of hydrogen-bond acceptors (Lipinski definition) is 0. The van der Waals surface area contributed by atoms with Crippen LogP contribution in [0.5, 0.6) is 0 Å². The first-order chi connectivity index (χ1) is 16.2. The molecule has 0 aromatic carbocycles. The highest BCUT2D eigenvalue weighted by Crippen LogP contribution is 2.42. The molecule has 0 N–H and O–H groups in total. The first-order valence-corrected chi connectivity index (χ1v) is 16.2. The van der Waals surface area contributed by atoms with Crippen LogP contribution in [-0.4, -0.2) is 0 Å². The lowest BCUT2D eigenvalue weighted by Gasteiger charge is -2.35. The summed E-state index contributed by atoms with van der Waals surface area (Å²) in [5.41, 5.74) is 0.686. The Morgan fingerprint density at radius 3 is 0.636 bits per heavy atom. The number of rotatable bonds is 28. The van der Waals surface area contributed by atoms with Crippen LogP contribution in [-0.2, 0) is 0 Å². The normalized spacial score (nSPS) is 12.0. The fraction of sp³-hybridized carbons (Fsp3) is 1.00. The highest BCUT2D eigenvalue weighted by atomic mass is 14.3. The molecule has 0 nitrogen and oxygen atoms in total. The van der Waals surface area contributed by atoms with Crippen LogP contribution in [0.3, 0.4) is 0 Å². The van der Waals surface area contributed by atoms with Crippen molar-refractivity contribution in [2.45, 2.75) is 207 Å². The Kier molecular flexibility index (Phi) is 26.6. The van der Waals surface area contributed by atoms with E-state index in [1.807, 2.05) is 0 Å². The zero-order chi connectivity index (χ0) is 24.3. The van der Waals surface area contributed by atoms with Gasteiger partial charge >= 0.3 is 0 Å². The minimum atomic E-state index is 0.686. The third-order valence-electron chi connectivity index (χ3n) is 8.24. The van der Waals surface area contributed by atoms with Gasteiger partial charge in [0.05, 0.1) is 0 Å². The minimum absolute atomic E-state index is 0.686. The summed E-state index contributed by atoms with van der Waals surface area (Å²) in [6.07, 6.45) is 41.2. The highest BCUT2D eigenvalue weighted by Gasteiger charge is 2.28. The van der Waals surface area contributed by atoms with Crippen molar-refractivity contribution in [2.24, 2.45) is 5.41 Å². The molecule has 0 saturated heterocycles. The molecule has 0 atom stereocenters. The molecule has 200 valence electrons. The molecule has 0 rings (SSSR count). The molecule has 0 aromatic heterocycles. The summed E-state index contributed by atoms with van der Waals surface area (Å²) in [7, 11) is 0. The van der Waals surface area contributed by atoms with Crippen molar-refractivity contribution in [1.29, 1.82) is 0 Å². The van der Waals surface area contributed by atoms with Crippen molar-refractivity contribution in [3.63, 3.8) is 0 Å². The van der Waals surface area contributed by atoms with Crippen LogP contribution in [0, 0.1) is 5.41 Å². The maximum absolute atomic E-state index is 2.34. The summed E-state index contributed by atoms with van der Waals surface area (Å²) >= 11 is 0. The molecule has 0 aliphatic heterocycles. The minimum Gasteiger partial charge on any atom is -0.0654 e. The van der Waals surface area contributed by atoms with Crippen LogP contribution in [0.4, 0.5) is 0 Å². The average molecular weight is 465 g/mol. The van der Waals surface area contributed by atoms with E-state index in [9.17, 15) is 0 Å². The van der Waals surface area contributed by atoms with Crippen LogP contribution in [0.15, 0.2) is 0 Å². The second-order valence-corrected chi connectivity index (χ2v) is 11.6. The third kappa shape index (κ3) is 22.2. The molecule has 0 spiro atoms. The first-order valence-electron chi connectivity index (χ1n) is 16.2. The number of hydrogen-bond donors (Lipinski definition) is 0. The standard InChI is InChI=1S/C33H68/c1-5-9-13-17-21-25-29-33(30-26-22-18-14-10-6-2,31-27-23-19-15-11-7-3)32-28-24-20-16-12-8-4/h5-32H2,1-4H3. The summed E-state index contributed by atoms with van der Waals surface area (Å²) in [4.78, 5) is 0. The van der Waals surface area contributed by atoms with E-state index in [1.54, 1.807) is 0 Å². The van der Waals surface area contributed by atoms with Crippen molar-refractivity contribution in [3.05, 3.63) is 0 Å². The molecule has 0 aliphatic rings. The van der Waals surface area contributed by atoms with E-state index in [1.165, 1.54) is 180 Å². The van der Waals surface area contributed by atoms with Crippen molar-refractivity contribution in [3.8, 4) is 0 Å². The average Bonchev–Trinajstić information content (AvgIpc) is 2.83. The lowest BCUT2D eigenvalue weighted by Crippen LogP contribution is -2.21. The van der Waals surface area contributed by atoms with Gasteiger partial charge < -0.3 is 0 Å².